The number of pyridine rings is 1. The van der Waals surface area contributed by atoms with E-state index in [-0.39, 0.29) is 13.2 Å². The summed E-state index contributed by atoms with van der Waals surface area (Å²) in [5.74, 6) is -1.18. The van der Waals surface area contributed by atoms with Gasteiger partial charge in [0, 0.05) is 42.3 Å². The Bertz CT molecular complexity index is 861. The van der Waals surface area contributed by atoms with Gasteiger partial charge in [-0.25, -0.2) is 13.8 Å². The highest BCUT2D eigenvalue weighted by Gasteiger charge is 2.08. The summed E-state index contributed by atoms with van der Waals surface area (Å²) >= 11 is 0. The molecule has 0 amide bonds. The third kappa shape index (κ3) is 4.24. The second-order valence-electron chi connectivity index (χ2n) is 5.10. The van der Waals surface area contributed by atoms with Crippen molar-refractivity contribution >= 4 is 17.5 Å². The smallest absolute Gasteiger partial charge is 0.225 e. The number of aromatic nitrogens is 3. The molecule has 3 rings (SSSR count). The van der Waals surface area contributed by atoms with E-state index in [2.05, 4.69) is 25.6 Å². The van der Waals surface area contributed by atoms with E-state index < -0.39 is 11.6 Å². The largest absolute Gasteiger partial charge is 0.395 e. The number of halogens is 2. The van der Waals surface area contributed by atoms with Gasteiger partial charge in [-0.3, -0.25) is 4.98 Å². The second kappa shape index (κ2) is 7.63. The van der Waals surface area contributed by atoms with Gasteiger partial charge in [-0.1, -0.05) is 0 Å². The number of hydrogen-bond acceptors (Lipinski definition) is 6. The summed E-state index contributed by atoms with van der Waals surface area (Å²) in [6.07, 6.45) is 3.28. The van der Waals surface area contributed by atoms with Crippen LogP contribution in [0.4, 0.5) is 26.2 Å². The Balaban J connectivity index is 1.95. The number of nitrogens with one attached hydrogen (secondary N) is 2. The summed E-state index contributed by atoms with van der Waals surface area (Å²) < 4.78 is 26.4. The summed E-state index contributed by atoms with van der Waals surface area (Å²) in [6.45, 7) is 0.208. The summed E-state index contributed by atoms with van der Waals surface area (Å²) in [6, 6.07) is 8.76. The van der Waals surface area contributed by atoms with Crippen molar-refractivity contribution in [2.45, 2.75) is 0 Å². The zero-order chi connectivity index (χ0) is 17.6. The van der Waals surface area contributed by atoms with Crippen molar-refractivity contribution in [3.63, 3.8) is 0 Å². The van der Waals surface area contributed by atoms with Gasteiger partial charge in [0.25, 0.3) is 0 Å². The summed E-state index contributed by atoms with van der Waals surface area (Å²) in [4.78, 5) is 12.6. The van der Waals surface area contributed by atoms with Gasteiger partial charge in [0.05, 0.1) is 12.3 Å². The van der Waals surface area contributed by atoms with Gasteiger partial charge in [0.2, 0.25) is 5.95 Å². The Hall–Kier alpha value is -3.13. The van der Waals surface area contributed by atoms with Gasteiger partial charge in [-0.15, -0.1) is 0 Å². The van der Waals surface area contributed by atoms with E-state index in [0.29, 0.717) is 23.1 Å². The molecule has 0 bridgehead atoms. The molecule has 0 saturated carbocycles. The molecule has 6 nitrogen and oxygen atoms in total. The summed E-state index contributed by atoms with van der Waals surface area (Å²) in [7, 11) is 0. The van der Waals surface area contributed by atoms with Crippen LogP contribution in [0, 0.1) is 11.6 Å². The molecule has 3 aromatic rings. The van der Waals surface area contributed by atoms with E-state index in [1.807, 2.05) is 0 Å². The van der Waals surface area contributed by atoms with Crippen molar-refractivity contribution in [2.75, 3.05) is 23.8 Å². The molecule has 128 valence electrons. The zero-order valence-corrected chi connectivity index (χ0v) is 13.1. The van der Waals surface area contributed by atoms with Crippen LogP contribution in [0.15, 0.2) is 48.8 Å². The summed E-state index contributed by atoms with van der Waals surface area (Å²) in [5, 5.41) is 14.8. The van der Waals surface area contributed by atoms with E-state index in [9.17, 15) is 8.78 Å². The standard InChI is InChI=1S/C17H15F2N5O/c18-13-2-1-12(9-14(13)19)22-16-10-15(11-3-5-20-6-4-11)23-17(24-16)21-7-8-25/h1-6,9-10,25H,7-8H2,(H2,21,22,23,24). The number of aliphatic hydroxyl groups excluding tert-OH is 1. The minimum absolute atomic E-state index is 0.0746. The lowest BCUT2D eigenvalue weighted by Crippen LogP contribution is -2.10. The fraction of sp³-hybridized carbons (Fsp3) is 0.118. The van der Waals surface area contributed by atoms with Crippen LogP contribution in [0.5, 0.6) is 0 Å². The molecule has 0 aliphatic carbocycles. The number of hydrogen-bond donors (Lipinski definition) is 3. The normalized spacial score (nSPS) is 10.5. The van der Waals surface area contributed by atoms with Crippen LogP contribution in [0.3, 0.4) is 0 Å². The first kappa shape index (κ1) is 16.7. The van der Waals surface area contributed by atoms with Gasteiger partial charge >= 0.3 is 0 Å². The molecule has 0 radical (unpaired) electrons. The van der Waals surface area contributed by atoms with E-state index in [4.69, 9.17) is 5.11 Å². The van der Waals surface area contributed by atoms with E-state index in [1.54, 1.807) is 30.6 Å². The Morgan fingerprint density at radius 2 is 1.76 bits per heavy atom. The maximum atomic E-state index is 13.4. The van der Waals surface area contributed by atoms with Crippen molar-refractivity contribution in [1.82, 2.24) is 15.0 Å². The first-order valence-electron chi connectivity index (χ1n) is 7.52. The van der Waals surface area contributed by atoms with Crippen molar-refractivity contribution < 1.29 is 13.9 Å². The minimum Gasteiger partial charge on any atom is -0.395 e. The van der Waals surface area contributed by atoms with E-state index >= 15 is 0 Å². The lowest BCUT2D eigenvalue weighted by Gasteiger charge is -2.11. The van der Waals surface area contributed by atoms with Gasteiger partial charge in [0.1, 0.15) is 5.82 Å². The Kier molecular flexibility index (Phi) is 5.10. The van der Waals surface area contributed by atoms with Crippen LogP contribution in [0.2, 0.25) is 0 Å². The lowest BCUT2D eigenvalue weighted by atomic mass is 10.2. The number of aliphatic hydroxyl groups is 1. The Labute approximate surface area is 142 Å². The Morgan fingerprint density at radius 1 is 0.960 bits per heavy atom. The maximum Gasteiger partial charge on any atom is 0.225 e. The van der Waals surface area contributed by atoms with Gasteiger partial charge in [-0.05, 0) is 24.3 Å². The first-order valence-corrected chi connectivity index (χ1v) is 7.52. The molecular formula is C17H15F2N5O. The molecule has 0 aliphatic rings. The highest BCUT2D eigenvalue weighted by molar-refractivity contribution is 5.67. The van der Waals surface area contributed by atoms with Gasteiger partial charge in [-0.2, -0.15) is 4.98 Å². The van der Waals surface area contributed by atoms with Gasteiger partial charge in [0.15, 0.2) is 11.6 Å². The van der Waals surface area contributed by atoms with Crippen molar-refractivity contribution in [3.8, 4) is 11.3 Å². The molecule has 8 heteroatoms. The SMILES string of the molecule is OCCNc1nc(Nc2ccc(F)c(F)c2)cc(-c2ccncc2)n1. The van der Waals surface area contributed by atoms with Crippen molar-refractivity contribution in [1.29, 1.82) is 0 Å². The first-order chi connectivity index (χ1) is 12.2. The quantitative estimate of drug-likeness (QED) is 0.638. The highest BCUT2D eigenvalue weighted by atomic mass is 19.2. The predicted molar refractivity (Wildman–Crippen MR) is 90.5 cm³/mol. The van der Waals surface area contributed by atoms with E-state index in [1.165, 1.54) is 6.07 Å². The van der Waals surface area contributed by atoms with Crippen LogP contribution >= 0.6 is 0 Å². The van der Waals surface area contributed by atoms with Gasteiger partial charge < -0.3 is 15.7 Å². The zero-order valence-electron chi connectivity index (χ0n) is 13.1. The molecule has 0 unspecified atom stereocenters. The van der Waals surface area contributed by atoms with Crippen molar-refractivity contribution in [2.24, 2.45) is 0 Å². The molecule has 3 N–H and O–H groups in total. The fourth-order valence-corrected chi connectivity index (χ4v) is 2.15. The fourth-order valence-electron chi connectivity index (χ4n) is 2.15. The molecule has 0 atom stereocenters. The van der Waals surface area contributed by atoms with Crippen LogP contribution in [0.1, 0.15) is 0 Å². The van der Waals surface area contributed by atoms with Crippen LogP contribution in [0.25, 0.3) is 11.3 Å². The molecule has 25 heavy (non-hydrogen) atoms. The highest BCUT2D eigenvalue weighted by Crippen LogP contribution is 2.24. The average molecular weight is 343 g/mol. The molecule has 1 aromatic carbocycles. The third-order valence-electron chi connectivity index (χ3n) is 3.29. The molecule has 0 saturated heterocycles. The molecule has 0 fully saturated rings. The lowest BCUT2D eigenvalue weighted by molar-refractivity contribution is 0.311. The molecule has 2 heterocycles. The number of benzene rings is 1. The molecular weight excluding hydrogens is 328 g/mol. The maximum absolute atomic E-state index is 13.4. The number of rotatable bonds is 6. The average Bonchev–Trinajstić information content (AvgIpc) is 2.63. The topological polar surface area (TPSA) is 83.0 Å². The Morgan fingerprint density at radius 3 is 2.48 bits per heavy atom. The predicted octanol–water partition coefficient (Wildman–Crippen LogP) is 2.96. The van der Waals surface area contributed by atoms with E-state index in [0.717, 1.165) is 17.7 Å². The van der Waals surface area contributed by atoms with Crippen LogP contribution in [-0.4, -0.2) is 33.2 Å². The second-order valence-corrected chi connectivity index (χ2v) is 5.10. The molecule has 0 spiro atoms. The van der Waals surface area contributed by atoms with Crippen LogP contribution in [-0.2, 0) is 0 Å². The summed E-state index contributed by atoms with van der Waals surface area (Å²) in [5.41, 5.74) is 1.78. The third-order valence-corrected chi connectivity index (χ3v) is 3.29. The number of anilines is 3. The molecule has 2 aromatic heterocycles. The molecule has 0 aliphatic heterocycles. The van der Waals surface area contributed by atoms with Crippen LogP contribution < -0.4 is 10.6 Å². The monoisotopic (exact) mass is 343 g/mol. The number of nitrogens with zero attached hydrogens (tertiary/aromatic N) is 3. The minimum atomic E-state index is -0.952. The van der Waals surface area contributed by atoms with Crippen molar-refractivity contribution in [3.05, 3.63) is 60.4 Å².